The zero-order valence-corrected chi connectivity index (χ0v) is 16.5. The highest BCUT2D eigenvalue weighted by Crippen LogP contribution is 2.26. The summed E-state index contributed by atoms with van der Waals surface area (Å²) < 4.78 is 15.1. The van der Waals surface area contributed by atoms with Gasteiger partial charge in [0.25, 0.3) is 0 Å². The zero-order chi connectivity index (χ0) is 19.5. The second-order valence-electron chi connectivity index (χ2n) is 7.55. The molecule has 1 aliphatic heterocycles. The summed E-state index contributed by atoms with van der Waals surface area (Å²) in [6.07, 6.45) is 4.95. The van der Waals surface area contributed by atoms with E-state index < -0.39 is 0 Å². The van der Waals surface area contributed by atoms with Crippen molar-refractivity contribution < 1.29 is 4.39 Å². The van der Waals surface area contributed by atoms with E-state index in [0.29, 0.717) is 6.54 Å². The number of aromatic nitrogens is 4. The minimum atomic E-state index is -0.209. The van der Waals surface area contributed by atoms with Gasteiger partial charge >= 0.3 is 0 Å². The van der Waals surface area contributed by atoms with Crippen molar-refractivity contribution in [3.8, 4) is 0 Å². The first-order chi connectivity index (χ1) is 13.6. The Hall–Kier alpha value is -2.70. The van der Waals surface area contributed by atoms with Crippen LogP contribution in [0.25, 0.3) is 11.2 Å². The van der Waals surface area contributed by atoms with Crippen molar-refractivity contribution in [2.45, 2.75) is 39.7 Å². The monoisotopic (exact) mass is 382 g/mol. The molecule has 0 unspecified atom stereocenters. The summed E-state index contributed by atoms with van der Waals surface area (Å²) >= 11 is 0. The number of nitrogens with zero attached hydrogens (tertiary/aromatic N) is 5. The molecule has 0 saturated carbocycles. The van der Waals surface area contributed by atoms with Crippen molar-refractivity contribution in [2.24, 2.45) is 5.92 Å². The molecule has 0 atom stereocenters. The Morgan fingerprint density at radius 1 is 1.14 bits per heavy atom. The maximum atomic E-state index is 13.1. The van der Waals surface area contributed by atoms with E-state index in [2.05, 4.69) is 33.6 Å². The number of rotatable bonds is 6. The Balaban J connectivity index is 1.56. The van der Waals surface area contributed by atoms with Crippen molar-refractivity contribution in [1.29, 1.82) is 0 Å². The first-order valence-corrected chi connectivity index (χ1v) is 10.1. The predicted molar refractivity (Wildman–Crippen MR) is 110 cm³/mol. The fourth-order valence-corrected chi connectivity index (χ4v) is 3.61. The lowest BCUT2D eigenvalue weighted by Gasteiger charge is -2.30. The van der Waals surface area contributed by atoms with Crippen molar-refractivity contribution in [3.63, 3.8) is 0 Å². The highest BCUT2D eigenvalue weighted by Gasteiger charge is 2.21. The van der Waals surface area contributed by atoms with Crippen LogP contribution < -0.4 is 10.2 Å². The lowest BCUT2D eigenvalue weighted by atomic mass is 10.00. The van der Waals surface area contributed by atoms with Gasteiger partial charge in [0.05, 0.1) is 6.33 Å². The maximum absolute atomic E-state index is 13.1. The van der Waals surface area contributed by atoms with E-state index in [1.54, 1.807) is 0 Å². The largest absolute Gasteiger partial charge is 0.368 e. The molecule has 2 aromatic heterocycles. The Bertz CT molecular complexity index is 928. The van der Waals surface area contributed by atoms with Gasteiger partial charge in [-0.3, -0.25) is 0 Å². The first kappa shape index (κ1) is 18.7. The van der Waals surface area contributed by atoms with Gasteiger partial charge in [-0.15, -0.1) is 0 Å². The molecule has 1 fully saturated rings. The molecule has 6 nitrogen and oxygen atoms in total. The SMILES string of the molecule is CCn1cnc2c(NCCc3ccc(F)cc3)nc(N3CCC(C)CC3)nc21. The quantitative estimate of drug-likeness (QED) is 0.701. The molecule has 148 valence electrons. The van der Waals surface area contributed by atoms with Gasteiger partial charge in [0, 0.05) is 26.2 Å². The summed E-state index contributed by atoms with van der Waals surface area (Å²) in [6.45, 7) is 7.89. The minimum Gasteiger partial charge on any atom is -0.368 e. The zero-order valence-electron chi connectivity index (χ0n) is 16.5. The molecule has 0 radical (unpaired) electrons. The van der Waals surface area contributed by atoms with Crippen LogP contribution in [0.15, 0.2) is 30.6 Å². The van der Waals surface area contributed by atoms with Gasteiger partial charge < -0.3 is 14.8 Å². The maximum Gasteiger partial charge on any atom is 0.229 e. The molecular formula is C21H27FN6. The topological polar surface area (TPSA) is 58.9 Å². The van der Waals surface area contributed by atoms with E-state index in [4.69, 9.17) is 9.97 Å². The summed E-state index contributed by atoms with van der Waals surface area (Å²) in [5, 5.41) is 3.43. The molecular weight excluding hydrogens is 355 g/mol. The van der Waals surface area contributed by atoms with Crippen molar-refractivity contribution in [1.82, 2.24) is 19.5 Å². The van der Waals surface area contributed by atoms with Crippen LogP contribution in [0, 0.1) is 11.7 Å². The number of benzene rings is 1. The van der Waals surface area contributed by atoms with Crippen LogP contribution in [-0.2, 0) is 13.0 Å². The smallest absolute Gasteiger partial charge is 0.229 e. The second-order valence-corrected chi connectivity index (χ2v) is 7.55. The molecule has 3 aromatic rings. The van der Waals surface area contributed by atoms with E-state index in [0.717, 1.165) is 60.5 Å². The van der Waals surface area contributed by atoms with E-state index in [9.17, 15) is 4.39 Å². The van der Waals surface area contributed by atoms with Gasteiger partial charge in [-0.1, -0.05) is 19.1 Å². The third-order valence-corrected chi connectivity index (χ3v) is 5.48. The number of piperidine rings is 1. The third-order valence-electron chi connectivity index (χ3n) is 5.48. The molecule has 0 aliphatic carbocycles. The van der Waals surface area contributed by atoms with Crippen molar-refractivity contribution in [2.75, 3.05) is 29.9 Å². The molecule has 1 aliphatic rings. The van der Waals surface area contributed by atoms with Gasteiger partial charge in [0.1, 0.15) is 5.82 Å². The molecule has 7 heteroatoms. The fraction of sp³-hybridized carbons (Fsp3) is 0.476. The van der Waals surface area contributed by atoms with Gasteiger partial charge in [-0.2, -0.15) is 9.97 Å². The molecule has 1 N–H and O–H groups in total. The molecule has 1 saturated heterocycles. The molecule has 3 heterocycles. The van der Waals surface area contributed by atoms with E-state index in [1.165, 1.54) is 25.0 Å². The number of fused-ring (bicyclic) bond motifs is 1. The number of hydrogen-bond donors (Lipinski definition) is 1. The van der Waals surface area contributed by atoms with Crippen LogP contribution in [0.5, 0.6) is 0 Å². The molecule has 4 rings (SSSR count). The summed E-state index contributed by atoms with van der Waals surface area (Å²) in [4.78, 5) is 16.4. The molecule has 0 amide bonds. The summed E-state index contributed by atoms with van der Waals surface area (Å²) in [7, 11) is 0. The highest BCUT2D eigenvalue weighted by atomic mass is 19.1. The molecule has 0 spiro atoms. The average Bonchev–Trinajstić information content (AvgIpc) is 3.13. The third kappa shape index (κ3) is 3.93. The average molecular weight is 382 g/mol. The van der Waals surface area contributed by atoms with Crippen LogP contribution in [0.2, 0.25) is 0 Å². The molecule has 28 heavy (non-hydrogen) atoms. The first-order valence-electron chi connectivity index (χ1n) is 10.1. The van der Waals surface area contributed by atoms with E-state index in [-0.39, 0.29) is 5.82 Å². The number of anilines is 2. The van der Waals surface area contributed by atoms with Crippen LogP contribution >= 0.6 is 0 Å². The van der Waals surface area contributed by atoms with Crippen LogP contribution in [0.3, 0.4) is 0 Å². The van der Waals surface area contributed by atoms with Gasteiger partial charge in [0.15, 0.2) is 17.0 Å². The highest BCUT2D eigenvalue weighted by molar-refractivity contribution is 5.84. The van der Waals surface area contributed by atoms with Crippen LogP contribution in [0.1, 0.15) is 32.3 Å². The standard InChI is InChI=1S/C21H27FN6/c1-3-27-14-24-18-19(23-11-8-16-4-6-17(22)7-5-16)25-21(26-20(18)27)28-12-9-15(2)10-13-28/h4-7,14-15H,3,8-13H2,1-2H3,(H,23,25,26). The van der Waals surface area contributed by atoms with Gasteiger partial charge in [-0.25, -0.2) is 9.37 Å². The van der Waals surface area contributed by atoms with Gasteiger partial charge in [0.2, 0.25) is 5.95 Å². The number of hydrogen-bond acceptors (Lipinski definition) is 5. The van der Waals surface area contributed by atoms with Crippen molar-refractivity contribution >= 4 is 22.9 Å². The number of halogens is 1. The Labute approximate surface area is 164 Å². The number of aryl methyl sites for hydroxylation is 1. The lowest BCUT2D eigenvalue weighted by Crippen LogP contribution is -2.34. The molecule has 1 aromatic carbocycles. The van der Waals surface area contributed by atoms with E-state index in [1.807, 2.05) is 18.5 Å². The lowest BCUT2D eigenvalue weighted by molar-refractivity contribution is 0.434. The number of imidazole rings is 1. The van der Waals surface area contributed by atoms with Crippen molar-refractivity contribution in [3.05, 3.63) is 42.0 Å². The minimum absolute atomic E-state index is 0.209. The summed E-state index contributed by atoms with van der Waals surface area (Å²) in [5.74, 6) is 2.10. The van der Waals surface area contributed by atoms with Crippen LogP contribution in [0.4, 0.5) is 16.2 Å². The molecule has 0 bridgehead atoms. The Morgan fingerprint density at radius 3 is 2.61 bits per heavy atom. The normalized spacial score (nSPS) is 15.3. The summed E-state index contributed by atoms with van der Waals surface area (Å²) in [6, 6.07) is 6.63. The summed E-state index contributed by atoms with van der Waals surface area (Å²) in [5.41, 5.74) is 2.76. The second kappa shape index (κ2) is 8.12. The predicted octanol–water partition coefficient (Wildman–Crippen LogP) is 3.88. The Kier molecular flexibility index (Phi) is 5.41. The van der Waals surface area contributed by atoms with Crippen LogP contribution in [-0.4, -0.2) is 39.2 Å². The van der Waals surface area contributed by atoms with Gasteiger partial charge in [-0.05, 0) is 49.8 Å². The van der Waals surface area contributed by atoms with E-state index >= 15 is 0 Å². The Morgan fingerprint density at radius 2 is 1.89 bits per heavy atom. The fourth-order valence-electron chi connectivity index (χ4n) is 3.61. The number of nitrogens with one attached hydrogen (secondary N) is 1.